The second-order valence-electron chi connectivity index (χ2n) is 1.35. The molecule has 8 heavy (non-hydrogen) atoms. The van der Waals surface area contributed by atoms with Crippen LogP contribution in [0.25, 0.3) is 0 Å². The molecule has 1 radical (unpaired) electrons. The van der Waals surface area contributed by atoms with E-state index in [1.54, 1.807) is 11.3 Å². The Kier molecular flexibility index (Phi) is 2.23. The van der Waals surface area contributed by atoms with Crippen molar-refractivity contribution < 1.29 is 0 Å². The van der Waals surface area contributed by atoms with Crippen molar-refractivity contribution in [3.05, 3.63) is 21.3 Å². The van der Waals surface area contributed by atoms with Crippen molar-refractivity contribution in [2.75, 3.05) is 0 Å². The molecule has 43 valence electrons. The van der Waals surface area contributed by atoms with Crippen LogP contribution in [-0.2, 0) is 5.75 Å². The second kappa shape index (κ2) is 2.76. The molecule has 0 unspecified atom stereocenters. The Morgan fingerprint density at radius 2 is 2.38 bits per heavy atom. The molecule has 0 saturated heterocycles. The Bertz CT molecular complexity index is 171. The van der Waals surface area contributed by atoms with E-state index in [4.69, 9.17) is 24.2 Å². The lowest BCUT2D eigenvalue weighted by atomic mass is 10.5. The smallest absolute Gasteiger partial charge is 0.0931 e. The van der Waals surface area contributed by atoms with Gasteiger partial charge in [-0.05, 0) is 12.1 Å². The van der Waals surface area contributed by atoms with Gasteiger partial charge in [0.05, 0.1) is 4.34 Å². The molecule has 1 aromatic rings. The predicted octanol–water partition coefficient (Wildman–Crippen LogP) is 3.10. The number of hydrogen-bond acceptors (Lipinski definition) is 1. The van der Waals surface area contributed by atoms with E-state index in [1.807, 2.05) is 12.1 Å². The standard InChI is InChI=1S/C5H4ClS2/c6-5-2-1-4(3-7)8-5/h1-2H,3H2. The van der Waals surface area contributed by atoms with Crippen LogP contribution in [0.3, 0.4) is 0 Å². The number of hydrogen-bond donors (Lipinski definition) is 0. The Morgan fingerprint density at radius 3 is 2.62 bits per heavy atom. The third kappa shape index (κ3) is 1.41. The molecule has 0 spiro atoms. The van der Waals surface area contributed by atoms with Gasteiger partial charge >= 0.3 is 0 Å². The van der Waals surface area contributed by atoms with Crippen LogP contribution in [0, 0.1) is 0 Å². The highest BCUT2D eigenvalue weighted by Crippen LogP contribution is 2.22. The maximum absolute atomic E-state index is 5.61. The zero-order valence-corrected chi connectivity index (χ0v) is 6.45. The van der Waals surface area contributed by atoms with Crippen LogP contribution < -0.4 is 0 Å². The molecule has 1 aromatic heterocycles. The summed E-state index contributed by atoms with van der Waals surface area (Å²) in [5.41, 5.74) is 0. The largest absolute Gasteiger partial charge is 0.128 e. The van der Waals surface area contributed by atoms with Gasteiger partial charge in [-0.3, -0.25) is 0 Å². The monoisotopic (exact) mass is 163 g/mol. The molecule has 0 N–H and O–H groups in total. The molecule has 0 fully saturated rings. The van der Waals surface area contributed by atoms with Crippen LogP contribution in [0.5, 0.6) is 0 Å². The minimum Gasteiger partial charge on any atom is -0.128 e. The van der Waals surface area contributed by atoms with E-state index in [-0.39, 0.29) is 0 Å². The van der Waals surface area contributed by atoms with Gasteiger partial charge in [0.25, 0.3) is 0 Å². The molecule has 0 aromatic carbocycles. The van der Waals surface area contributed by atoms with E-state index < -0.39 is 0 Å². The van der Waals surface area contributed by atoms with Gasteiger partial charge in [0.1, 0.15) is 0 Å². The lowest BCUT2D eigenvalue weighted by Crippen LogP contribution is -1.58. The topological polar surface area (TPSA) is 0 Å². The van der Waals surface area contributed by atoms with Crippen molar-refractivity contribution in [1.82, 2.24) is 0 Å². The van der Waals surface area contributed by atoms with E-state index in [9.17, 15) is 0 Å². The summed E-state index contributed by atoms with van der Waals surface area (Å²) in [4.78, 5) is 1.17. The number of halogens is 1. The lowest BCUT2D eigenvalue weighted by Gasteiger charge is -1.78. The van der Waals surface area contributed by atoms with Crippen LogP contribution in [-0.4, -0.2) is 0 Å². The average Bonchev–Trinajstić information content (AvgIpc) is 2.14. The SMILES string of the molecule is [S]Cc1ccc(Cl)s1. The first-order valence-corrected chi connectivity index (χ1v) is 3.92. The first-order valence-electron chi connectivity index (χ1n) is 2.15. The van der Waals surface area contributed by atoms with Gasteiger partial charge in [-0.2, -0.15) is 0 Å². The van der Waals surface area contributed by atoms with E-state index in [0.717, 1.165) is 4.34 Å². The highest BCUT2D eigenvalue weighted by atomic mass is 35.5. The summed E-state index contributed by atoms with van der Waals surface area (Å²) in [6, 6.07) is 3.83. The third-order valence-corrected chi connectivity index (χ3v) is 2.50. The van der Waals surface area contributed by atoms with Gasteiger partial charge in [-0.25, -0.2) is 0 Å². The Morgan fingerprint density at radius 1 is 1.62 bits per heavy atom. The number of thiophene rings is 1. The molecule has 0 aliphatic carbocycles. The van der Waals surface area contributed by atoms with Crippen molar-refractivity contribution in [3.63, 3.8) is 0 Å². The average molecular weight is 164 g/mol. The Balaban J connectivity index is 2.84. The van der Waals surface area contributed by atoms with Crippen molar-refractivity contribution >= 4 is 35.6 Å². The van der Waals surface area contributed by atoms with E-state index in [1.165, 1.54) is 4.88 Å². The van der Waals surface area contributed by atoms with Crippen molar-refractivity contribution in [3.8, 4) is 0 Å². The van der Waals surface area contributed by atoms with Crippen LogP contribution in [0.1, 0.15) is 4.88 Å². The van der Waals surface area contributed by atoms with Crippen LogP contribution >= 0.6 is 35.6 Å². The summed E-state index contributed by atoms with van der Waals surface area (Å²) < 4.78 is 0.824. The summed E-state index contributed by atoms with van der Waals surface area (Å²) in [7, 11) is 0. The summed E-state index contributed by atoms with van der Waals surface area (Å²) in [6.45, 7) is 0. The summed E-state index contributed by atoms with van der Waals surface area (Å²) in [5.74, 6) is 0.678. The molecule has 0 nitrogen and oxygen atoms in total. The molecule has 0 atom stereocenters. The molecule has 0 aliphatic rings. The maximum atomic E-state index is 5.61. The molecule has 1 rings (SSSR count). The molecular weight excluding hydrogens is 160 g/mol. The Hall–Kier alpha value is 0.340. The van der Waals surface area contributed by atoms with Crippen LogP contribution in [0.4, 0.5) is 0 Å². The first kappa shape index (κ1) is 6.46. The van der Waals surface area contributed by atoms with Crippen LogP contribution in [0.2, 0.25) is 4.34 Å². The van der Waals surface area contributed by atoms with E-state index in [2.05, 4.69) is 0 Å². The van der Waals surface area contributed by atoms with Gasteiger partial charge in [0, 0.05) is 10.6 Å². The number of rotatable bonds is 1. The zero-order valence-electron chi connectivity index (χ0n) is 4.06. The first-order chi connectivity index (χ1) is 3.83. The van der Waals surface area contributed by atoms with Gasteiger partial charge in [-0.15, -0.1) is 11.3 Å². The predicted molar refractivity (Wildman–Crippen MR) is 40.6 cm³/mol. The molecule has 3 heteroatoms. The highest BCUT2D eigenvalue weighted by Gasteiger charge is 1.92. The summed E-state index contributed by atoms with van der Waals surface area (Å²) >= 11 is 11.9. The fourth-order valence-corrected chi connectivity index (χ4v) is 1.64. The minimum absolute atomic E-state index is 0.678. The fourth-order valence-electron chi connectivity index (χ4n) is 0.429. The lowest BCUT2D eigenvalue weighted by molar-refractivity contribution is 1.57. The summed E-state index contributed by atoms with van der Waals surface area (Å²) in [6.07, 6.45) is 0. The molecular formula is C5H4ClS2. The molecule has 0 saturated carbocycles. The van der Waals surface area contributed by atoms with Crippen molar-refractivity contribution in [2.24, 2.45) is 0 Å². The fraction of sp³-hybridized carbons (Fsp3) is 0.200. The minimum atomic E-state index is 0.678. The van der Waals surface area contributed by atoms with Crippen molar-refractivity contribution in [2.45, 2.75) is 5.75 Å². The third-order valence-electron chi connectivity index (χ3n) is 0.771. The van der Waals surface area contributed by atoms with E-state index in [0.29, 0.717) is 5.75 Å². The van der Waals surface area contributed by atoms with Crippen molar-refractivity contribution in [1.29, 1.82) is 0 Å². The van der Waals surface area contributed by atoms with Crippen LogP contribution in [0.15, 0.2) is 12.1 Å². The quantitative estimate of drug-likeness (QED) is 0.597. The zero-order chi connectivity index (χ0) is 5.98. The molecule has 1 heterocycles. The molecule has 0 bridgehead atoms. The summed E-state index contributed by atoms with van der Waals surface area (Å²) in [5, 5.41) is 0. The van der Waals surface area contributed by atoms with Gasteiger partial charge < -0.3 is 0 Å². The molecule has 0 aliphatic heterocycles. The second-order valence-corrected chi connectivity index (χ2v) is 3.44. The normalized spacial score (nSPS) is 9.75. The van der Waals surface area contributed by atoms with Gasteiger partial charge in [0.15, 0.2) is 0 Å². The molecule has 0 amide bonds. The van der Waals surface area contributed by atoms with E-state index >= 15 is 0 Å². The van der Waals surface area contributed by atoms with Gasteiger partial charge in [0.2, 0.25) is 0 Å². The highest BCUT2D eigenvalue weighted by molar-refractivity contribution is 7.79. The maximum Gasteiger partial charge on any atom is 0.0931 e. The van der Waals surface area contributed by atoms with Gasteiger partial charge in [-0.1, -0.05) is 24.2 Å². The Labute approximate surface area is 62.9 Å².